The van der Waals surface area contributed by atoms with Gasteiger partial charge in [0.1, 0.15) is 5.56 Å². The van der Waals surface area contributed by atoms with E-state index < -0.39 is 6.10 Å². The number of aliphatic hydroxyl groups excluding tert-OH is 1. The number of amides is 1. The maximum Gasteiger partial charge on any atom is 0.261 e. The van der Waals surface area contributed by atoms with Gasteiger partial charge in [-0.2, -0.15) is 5.10 Å². The first kappa shape index (κ1) is 17.0. The maximum absolute atomic E-state index is 12.9. The fraction of sp³-hybridized carbons (Fsp3) is 0.526. The van der Waals surface area contributed by atoms with Crippen molar-refractivity contribution in [2.45, 2.75) is 45.1 Å². The molecule has 2 unspecified atom stereocenters. The number of hydrogen-bond acceptors (Lipinski definition) is 4. The van der Waals surface area contributed by atoms with Crippen molar-refractivity contribution in [3.63, 3.8) is 0 Å². The first-order valence-electron chi connectivity index (χ1n) is 9.24. The molecule has 2 aromatic rings. The third kappa shape index (κ3) is 3.19. The first-order chi connectivity index (χ1) is 12.5. The summed E-state index contributed by atoms with van der Waals surface area (Å²) in [5.74, 6) is -0.363. The molecule has 1 aliphatic heterocycles. The Bertz CT molecular complexity index is 885. The number of likely N-dealkylation sites (tertiary alicyclic amines) is 1. The normalized spacial score (nSPS) is 22.5. The summed E-state index contributed by atoms with van der Waals surface area (Å²) >= 11 is 0. The number of aromatic amines is 2. The van der Waals surface area contributed by atoms with Crippen molar-refractivity contribution in [2.75, 3.05) is 13.1 Å². The zero-order valence-electron chi connectivity index (χ0n) is 14.9. The average molecular weight is 356 g/mol. The van der Waals surface area contributed by atoms with Crippen molar-refractivity contribution in [3.8, 4) is 0 Å². The summed E-state index contributed by atoms with van der Waals surface area (Å²) in [6.45, 7) is 2.62. The third-order valence-electron chi connectivity index (χ3n) is 5.49. The molecular formula is C19H24N4O3. The van der Waals surface area contributed by atoms with Crippen LogP contribution in [0.25, 0.3) is 0 Å². The van der Waals surface area contributed by atoms with Crippen molar-refractivity contribution < 1.29 is 9.90 Å². The van der Waals surface area contributed by atoms with Crippen LogP contribution in [-0.4, -0.2) is 50.3 Å². The highest BCUT2D eigenvalue weighted by atomic mass is 16.3. The number of aromatic nitrogens is 3. The second-order valence-corrected chi connectivity index (χ2v) is 7.51. The number of aliphatic hydroxyl groups is 1. The van der Waals surface area contributed by atoms with Gasteiger partial charge in [-0.15, -0.1) is 0 Å². The van der Waals surface area contributed by atoms with E-state index in [0.29, 0.717) is 13.0 Å². The fourth-order valence-corrected chi connectivity index (χ4v) is 4.07. The van der Waals surface area contributed by atoms with Crippen LogP contribution in [-0.2, 0) is 19.3 Å². The van der Waals surface area contributed by atoms with Crippen LogP contribution in [0.5, 0.6) is 0 Å². The molecule has 2 aromatic heterocycles. The van der Waals surface area contributed by atoms with Gasteiger partial charge in [-0.05, 0) is 56.7 Å². The van der Waals surface area contributed by atoms with E-state index in [1.165, 1.54) is 0 Å². The molecule has 1 aliphatic carbocycles. The summed E-state index contributed by atoms with van der Waals surface area (Å²) in [5, 5.41) is 17.5. The average Bonchev–Trinajstić information content (AvgIpc) is 3.20. The second-order valence-electron chi connectivity index (χ2n) is 7.51. The minimum Gasteiger partial charge on any atom is -0.391 e. The number of H-pyrrole nitrogens is 2. The van der Waals surface area contributed by atoms with Gasteiger partial charge >= 0.3 is 0 Å². The Morgan fingerprint density at radius 2 is 2.12 bits per heavy atom. The molecule has 2 atom stereocenters. The van der Waals surface area contributed by atoms with E-state index in [0.717, 1.165) is 48.3 Å². The summed E-state index contributed by atoms with van der Waals surface area (Å²) < 4.78 is 0. The molecule has 0 aromatic carbocycles. The van der Waals surface area contributed by atoms with Crippen LogP contribution in [0, 0.1) is 12.8 Å². The van der Waals surface area contributed by atoms with Crippen LogP contribution >= 0.6 is 0 Å². The minimum atomic E-state index is -0.604. The zero-order valence-corrected chi connectivity index (χ0v) is 14.9. The Balaban J connectivity index is 1.51. The lowest BCUT2D eigenvalue weighted by molar-refractivity contribution is 0.0762. The summed E-state index contributed by atoms with van der Waals surface area (Å²) in [6, 6.07) is 3.71. The largest absolute Gasteiger partial charge is 0.391 e. The molecule has 2 aliphatic rings. The number of pyridine rings is 1. The number of nitrogens with zero attached hydrogens (tertiary/aromatic N) is 2. The molecule has 26 heavy (non-hydrogen) atoms. The lowest BCUT2D eigenvalue weighted by Crippen LogP contribution is -2.34. The molecule has 0 spiro atoms. The number of aryl methyl sites for hydroxylation is 3. The lowest BCUT2D eigenvalue weighted by atomic mass is 9.95. The van der Waals surface area contributed by atoms with Gasteiger partial charge in [-0.1, -0.05) is 0 Å². The molecule has 1 saturated heterocycles. The molecule has 7 nitrogen and oxygen atoms in total. The molecule has 1 fully saturated rings. The van der Waals surface area contributed by atoms with E-state index in [1.807, 2.05) is 13.0 Å². The number of hydrogen-bond donors (Lipinski definition) is 3. The predicted molar refractivity (Wildman–Crippen MR) is 96.1 cm³/mol. The molecule has 3 N–H and O–H groups in total. The van der Waals surface area contributed by atoms with Gasteiger partial charge in [0.25, 0.3) is 11.5 Å². The standard InChI is InChI=1S/C19H24N4O3/c1-11-6-14(22-21-11)7-13-9-23(10-17(13)24)19(26)15-8-12-4-2-3-5-16(12)20-18(15)25/h6,8,13,17,24H,2-5,7,9-10H2,1H3,(H,20,25)(H,21,22). The molecule has 1 amide bonds. The van der Waals surface area contributed by atoms with E-state index in [-0.39, 0.29) is 29.5 Å². The van der Waals surface area contributed by atoms with Gasteiger partial charge in [0.15, 0.2) is 0 Å². The highest BCUT2D eigenvalue weighted by Gasteiger charge is 2.35. The molecule has 0 bridgehead atoms. The van der Waals surface area contributed by atoms with E-state index in [9.17, 15) is 14.7 Å². The Morgan fingerprint density at radius 3 is 2.88 bits per heavy atom. The lowest BCUT2D eigenvalue weighted by Gasteiger charge is -2.19. The second kappa shape index (κ2) is 6.72. The Kier molecular flexibility index (Phi) is 4.40. The number of carbonyl (C=O) groups excluding carboxylic acids is 1. The van der Waals surface area contributed by atoms with E-state index >= 15 is 0 Å². The van der Waals surface area contributed by atoms with Crippen LogP contribution in [0.1, 0.15) is 45.8 Å². The predicted octanol–water partition coefficient (Wildman–Crippen LogP) is 0.961. The summed E-state index contributed by atoms with van der Waals surface area (Å²) in [5.41, 5.74) is 3.76. The monoisotopic (exact) mass is 356 g/mol. The Morgan fingerprint density at radius 1 is 1.31 bits per heavy atom. The highest BCUT2D eigenvalue weighted by Crippen LogP contribution is 2.24. The third-order valence-corrected chi connectivity index (χ3v) is 5.49. The van der Waals surface area contributed by atoms with Crippen molar-refractivity contribution in [2.24, 2.45) is 5.92 Å². The number of β-amino-alcohol motifs (C(OH)–C–C–N with tert-alkyl or cyclic N) is 1. The molecular weight excluding hydrogens is 332 g/mol. The highest BCUT2D eigenvalue weighted by molar-refractivity contribution is 5.94. The van der Waals surface area contributed by atoms with Gasteiger partial charge in [-0.3, -0.25) is 14.7 Å². The van der Waals surface area contributed by atoms with Gasteiger partial charge in [-0.25, -0.2) is 0 Å². The maximum atomic E-state index is 12.9. The van der Waals surface area contributed by atoms with E-state index in [1.54, 1.807) is 11.0 Å². The first-order valence-corrected chi connectivity index (χ1v) is 9.24. The van der Waals surface area contributed by atoms with Gasteiger partial charge in [0.2, 0.25) is 0 Å². The van der Waals surface area contributed by atoms with Crippen LogP contribution in [0.15, 0.2) is 16.9 Å². The summed E-state index contributed by atoms with van der Waals surface area (Å²) in [7, 11) is 0. The van der Waals surface area contributed by atoms with Crippen molar-refractivity contribution in [3.05, 3.63) is 50.7 Å². The minimum absolute atomic E-state index is 0.0710. The Labute approximate surface area is 151 Å². The summed E-state index contributed by atoms with van der Waals surface area (Å²) in [4.78, 5) is 29.7. The number of nitrogens with one attached hydrogen (secondary N) is 2. The topological polar surface area (TPSA) is 102 Å². The molecule has 138 valence electrons. The molecule has 3 heterocycles. The van der Waals surface area contributed by atoms with Crippen molar-refractivity contribution in [1.82, 2.24) is 20.1 Å². The van der Waals surface area contributed by atoms with Gasteiger partial charge < -0.3 is 15.0 Å². The quantitative estimate of drug-likeness (QED) is 0.762. The Hall–Kier alpha value is -2.41. The van der Waals surface area contributed by atoms with Crippen LogP contribution < -0.4 is 5.56 Å². The van der Waals surface area contributed by atoms with Crippen LogP contribution in [0.4, 0.5) is 0 Å². The molecule has 4 rings (SSSR count). The molecule has 7 heteroatoms. The van der Waals surface area contributed by atoms with Crippen molar-refractivity contribution in [1.29, 1.82) is 0 Å². The summed E-state index contributed by atoms with van der Waals surface area (Å²) in [6.07, 6.45) is 3.93. The number of carbonyl (C=O) groups is 1. The SMILES string of the molecule is Cc1cc(CC2CN(C(=O)c3cc4c([nH]c3=O)CCCC4)CC2O)n[nH]1. The van der Waals surface area contributed by atoms with Crippen molar-refractivity contribution >= 4 is 5.91 Å². The van der Waals surface area contributed by atoms with Gasteiger partial charge in [0.05, 0.1) is 11.8 Å². The number of fused-ring (bicyclic) bond motifs is 1. The van der Waals surface area contributed by atoms with E-state index in [4.69, 9.17) is 0 Å². The van der Waals surface area contributed by atoms with E-state index in [2.05, 4.69) is 15.2 Å². The number of rotatable bonds is 3. The zero-order chi connectivity index (χ0) is 18.3. The molecule has 0 saturated carbocycles. The smallest absolute Gasteiger partial charge is 0.261 e. The molecule has 0 radical (unpaired) electrons. The van der Waals surface area contributed by atoms with Crippen LogP contribution in [0.2, 0.25) is 0 Å². The fourth-order valence-electron chi connectivity index (χ4n) is 4.07. The van der Waals surface area contributed by atoms with Crippen LogP contribution in [0.3, 0.4) is 0 Å². The van der Waals surface area contributed by atoms with Gasteiger partial charge in [0, 0.05) is 30.4 Å².